The Labute approximate surface area is 157 Å². The van der Waals surface area contributed by atoms with Crippen molar-refractivity contribution in [3.05, 3.63) is 23.9 Å². The molecule has 0 bridgehead atoms. The summed E-state index contributed by atoms with van der Waals surface area (Å²) in [7, 11) is 0. The molecule has 1 heterocycles. The number of carbonyl (C=O) groups excluding carboxylic acids is 3. The molecule has 0 unspecified atom stereocenters. The molecule has 8 heteroatoms. The van der Waals surface area contributed by atoms with Gasteiger partial charge in [-0.3, -0.25) is 4.79 Å². The molecule has 0 atom stereocenters. The van der Waals surface area contributed by atoms with E-state index in [9.17, 15) is 14.4 Å². The van der Waals surface area contributed by atoms with Crippen molar-refractivity contribution in [2.45, 2.75) is 57.8 Å². The monoisotopic (exact) mass is 383 g/mol. The molecule has 1 rings (SSSR count). The van der Waals surface area contributed by atoms with Gasteiger partial charge < -0.3 is 14.2 Å². The summed E-state index contributed by atoms with van der Waals surface area (Å²) in [5.41, 5.74) is -1.08. The summed E-state index contributed by atoms with van der Waals surface area (Å²) in [5.74, 6) is -1.77. The van der Waals surface area contributed by atoms with Crippen LogP contribution in [0.3, 0.4) is 0 Å². The molecule has 0 saturated heterocycles. The van der Waals surface area contributed by atoms with Crippen molar-refractivity contribution in [1.82, 2.24) is 4.98 Å². The second-order valence-corrected chi connectivity index (χ2v) is 8.36. The summed E-state index contributed by atoms with van der Waals surface area (Å²) in [6.07, 6.45) is 1.50. The van der Waals surface area contributed by atoms with Crippen LogP contribution in [-0.4, -0.2) is 46.5 Å². The van der Waals surface area contributed by atoms with Gasteiger partial charge in [0.05, 0.1) is 11.3 Å². The van der Waals surface area contributed by atoms with Gasteiger partial charge in [0.25, 0.3) is 0 Å². The fourth-order valence-electron chi connectivity index (χ4n) is 1.73. The minimum absolute atomic E-state index is 0.000624. The Hall–Kier alpha value is -2.09. The number of nitrogens with zero attached hydrogens (tertiary/aromatic N) is 1. The highest BCUT2D eigenvalue weighted by atomic mass is 32.2. The van der Waals surface area contributed by atoms with Crippen LogP contribution in [0.15, 0.2) is 23.4 Å². The summed E-state index contributed by atoms with van der Waals surface area (Å²) in [6.45, 7) is 9.99. The van der Waals surface area contributed by atoms with Crippen molar-refractivity contribution in [3.8, 4) is 0 Å². The van der Waals surface area contributed by atoms with E-state index in [0.29, 0.717) is 5.03 Å². The zero-order chi connectivity index (χ0) is 20.0. The first-order valence-electron chi connectivity index (χ1n) is 8.06. The molecular weight excluding hydrogens is 358 g/mol. The fraction of sp³-hybridized carbons (Fsp3) is 0.556. The van der Waals surface area contributed by atoms with Gasteiger partial charge in [0.15, 0.2) is 6.61 Å². The maximum atomic E-state index is 12.2. The van der Waals surface area contributed by atoms with Gasteiger partial charge in [0.1, 0.15) is 16.2 Å². The Balaban J connectivity index is 2.66. The molecule has 0 spiro atoms. The molecule has 0 aromatic carbocycles. The van der Waals surface area contributed by atoms with Crippen molar-refractivity contribution in [2.24, 2.45) is 0 Å². The Morgan fingerprint density at radius 3 is 2.15 bits per heavy atom. The third kappa shape index (κ3) is 8.84. The van der Waals surface area contributed by atoms with Gasteiger partial charge in [-0.1, -0.05) is 11.8 Å². The second-order valence-electron chi connectivity index (χ2n) is 7.39. The van der Waals surface area contributed by atoms with Crippen LogP contribution in [0.5, 0.6) is 0 Å². The number of ether oxygens (including phenoxy) is 3. The topological polar surface area (TPSA) is 91.8 Å². The molecule has 26 heavy (non-hydrogen) atoms. The molecule has 0 radical (unpaired) electrons. The van der Waals surface area contributed by atoms with Gasteiger partial charge in [-0.15, -0.1) is 0 Å². The molecule has 1 aromatic heterocycles. The van der Waals surface area contributed by atoms with E-state index in [1.807, 2.05) is 0 Å². The van der Waals surface area contributed by atoms with Crippen LogP contribution in [0.25, 0.3) is 0 Å². The predicted molar refractivity (Wildman–Crippen MR) is 96.9 cm³/mol. The number of hydrogen-bond donors (Lipinski definition) is 0. The van der Waals surface area contributed by atoms with Crippen molar-refractivity contribution >= 4 is 29.7 Å². The third-order valence-electron chi connectivity index (χ3n) is 2.48. The summed E-state index contributed by atoms with van der Waals surface area (Å²) < 4.78 is 15.3. The number of rotatable bonds is 6. The van der Waals surface area contributed by atoms with E-state index in [2.05, 4.69) is 4.98 Å². The largest absolute Gasteiger partial charge is 0.459 e. The Kier molecular flexibility index (Phi) is 7.62. The minimum Gasteiger partial charge on any atom is -0.459 e. The molecule has 1 aromatic rings. The highest BCUT2D eigenvalue weighted by molar-refractivity contribution is 8.00. The molecule has 0 N–H and O–H groups in total. The fourth-order valence-corrected chi connectivity index (χ4v) is 2.49. The van der Waals surface area contributed by atoms with E-state index < -0.39 is 35.7 Å². The highest BCUT2D eigenvalue weighted by Gasteiger charge is 2.21. The number of esters is 3. The normalized spacial score (nSPS) is 11.6. The molecule has 0 fully saturated rings. The lowest BCUT2D eigenvalue weighted by Gasteiger charge is -2.19. The number of hydrogen-bond acceptors (Lipinski definition) is 8. The molecule has 144 valence electrons. The number of carbonyl (C=O) groups is 3. The highest BCUT2D eigenvalue weighted by Crippen LogP contribution is 2.22. The first-order chi connectivity index (χ1) is 11.9. The number of pyridine rings is 1. The molecule has 0 amide bonds. The Bertz CT molecular complexity index is 660. The maximum Gasteiger partial charge on any atom is 0.344 e. The van der Waals surface area contributed by atoms with Gasteiger partial charge >= 0.3 is 17.9 Å². The molecule has 7 nitrogen and oxygen atoms in total. The molecule has 0 saturated carbocycles. The van der Waals surface area contributed by atoms with Crippen LogP contribution in [0.4, 0.5) is 0 Å². The molecule has 0 aliphatic rings. The zero-order valence-electron chi connectivity index (χ0n) is 16.0. The SMILES string of the molecule is CC(C)(C)OC(=O)COC(=O)c1cccnc1SCC(=O)OC(C)(C)C. The van der Waals surface area contributed by atoms with E-state index in [-0.39, 0.29) is 11.3 Å². The first-order valence-corrected chi connectivity index (χ1v) is 9.04. The van der Waals surface area contributed by atoms with Gasteiger partial charge in [0.2, 0.25) is 0 Å². The van der Waals surface area contributed by atoms with Crippen LogP contribution in [0.1, 0.15) is 51.9 Å². The second kappa shape index (κ2) is 9.02. The quantitative estimate of drug-likeness (QED) is 0.420. The molecule has 0 aliphatic carbocycles. The summed E-state index contributed by atoms with van der Waals surface area (Å²) >= 11 is 1.07. The van der Waals surface area contributed by atoms with Crippen molar-refractivity contribution < 1.29 is 28.6 Å². The smallest absolute Gasteiger partial charge is 0.344 e. The number of aromatic nitrogens is 1. The zero-order valence-corrected chi connectivity index (χ0v) is 16.8. The lowest BCUT2D eigenvalue weighted by molar-refractivity contribution is -0.158. The van der Waals surface area contributed by atoms with E-state index in [1.54, 1.807) is 47.6 Å². The van der Waals surface area contributed by atoms with E-state index in [1.165, 1.54) is 12.3 Å². The van der Waals surface area contributed by atoms with Crippen molar-refractivity contribution in [2.75, 3.05) is 12.4 Å². The summed E-state index contributed by atoms with van der Waals surface area (Å²) in [4.78, 5) is 39.8. The van der Waals surface area contributed by atoms with Gasteiger partial charge in [0, 0.05) is 6.20 Å². The van der Waals surface area contributed by atoms with Crippen LogP contribution < -0.4 is 0 Å². The lowest BCUT2D eigenvalue weighted by atomic mass is 10.2. The average Bonchev–Trinajstić information content (AvgIpc) is 2.47. The molecule has 0 aliphatic heterocycles. The van der Waals surface area contributed by atoms with Crippen LogP contribution >= 0.6 is 11.8 Å². The van der Waals surface area contributed by atoms with Crippen LogP contribution in [0.2, 0.25) is 0 Å². The number of thioether (sulfide) groups is 1. The van der Waals surface area contributed by atoms with Gasteiger partial charge in [-0.2, -0.15) is 0 Å². The van der Waals surface area contributed by atoms with E-state index >= 15 is 0 Å². The molecular formula is C18H25NO6S. The maximum absolute atomic E-state index is 12.2. The first kappa shape index (κ1) is 22.0. The van der Waals surface area contributed by atoms with Gasteiger partial charge in [-0.05, 0) is 53.7 Å². The third-order valence-corrected chi connectivity index (χ3v) is 3.46. The van der Waals surface area contributed by atoms with E-state index in [0.717, 1.165) is 11.8 Å². The predicted octanol–water partition coefficient (Wildman–Crippen LogP) is 3.01. The average molecular weight is 383 g/mol. The van der Waals surface area contributed by atoms with Crippen LogP contribution in [-0.2, 0) is 23.8 Å². The Morgan fingerprint density at radius 1 is 1.00 bits per heavy atom. The summed E-state index contributed by atoms with van der Waals surface area (Å²) in [6, 6.07) is 3.09. The Morgan fingerprint density at radius 2 is 1.58 bits per heavy atom. The van der Waals surface area contributed by atoms with Crippen LogP contribution in [0, 0.1) is 0 Å². The van der Waals surface area contributed by atoms with Crippen molar-refractivity contribution in [3.63, 3.8) is 0 Å². The summed E-state index contributed by atoms with van der Waals surface area (Å²) in [5, 5.41) is 0.326. The van der Waals surface area contributed by atoms with Crippen molar-refractivity contribution in [1.29, 1.82) is 0 Å². The van der Waals surface area contributed by atoms with Gasteiger partial charge in [-0.25, -0.2) is 14.6 Å². The standard InChI is InChI=1S/C18H25NO6S/c1-17(2,3)24-13(20)10-23-16(22)12-8-7-9-19-15(12)26-11-14(21)25-18(4,5)6/h7-9H,10-11H2,1-6H3. The lowest BCUT2D eigenvalue weighted by Crippen LogP contribution is -2.27. The van der Waals surface area contributed by atoms with E-state index in [4.69, 9.17) is 14.2 Å². The minimum atomic E-state index is -0.712.